The molecule has 0 N–H and O–H groups in total. The molecule has 10 aromatic rings. The van der Waals surface area contributed by atoms with Gasteiger partial charge in [0.25, 0.3) is 0 Å². The fourth-order valence-corrected chi connectivity index (χ4v) is 8.85. The molecule has 0 fully saturated rings. The maximum Gasteiger partial charge on any atom is 0.131 e. The van der Waals surface area contributed by atoms with Crippen molar-refractivity contribution in [2.45, 2.75) is 19.3 Å². The fraction of sp³-hybridized carbons (Fsp3) is 0.0588. The standard InChI is InChI=1S/C51H36N2O/c1-51(2)43-31-35(33-21-25-47-41(29-33)39-17-9-11-19-45(39)52(47)37-13-5-3-6-14-37)23-27-49(43)54-50-28-24-36(32-44(50)51)34-22-26-48-42(30-34)40-18-10-12-20-46(40)53(48)38-15-7-4-8-16-38/h3-32H,1-2H3. The van der Waals surface area contributed by atoms with Crippen LogP contribution < -0.4 is 4.74 Å². The molecule has 0 aliphatic carbocycles. The maximum absolute atomic E-state index is 6.65. The molecule has 8 aromatic carbocycles. The summed E-state index contributed by atoms with van der Waals surface area (Å²) >= 11 is 0. The largest absolute Gasteiger partial charge is 0.457 e. The molecule has 3 heteroatoms. The SMILES string of the molecule is CC1(C)c2cc(-c3ccc4c(c3)c3ccccc3n4-c3ccccc3)ccc2Oc2ccc(-c3ccc4c(c3)c3ccccc3n4-c3ccccc3)cc21. The Labute approximate surface area is 313 Å². The summed E-state index contributed by atoms with van der Waals surface area (Å²) < 4.78 is 11.4. The van der Waals surface area contributed by atoms with Gasteiger partial charge in [0.1, 0.15) is 11.5 Å². The number of hydrogen-bond donors (Lipinski definition) is 0. The lowest BCUT2D eigenvalue weighted by Gasteiger charge is -2.35. The first-order valence-electron chi connectivity index (χ1n) is 18.7. The number of rotatable bonds is 4. The van der Waals surface area contributed by atoms with Crippen LogP contribution in [0.2, 0.25) is 0 Å². The molecule has 1 aliphatic rings. The number of fused-ring (bicyclic) bond motifs is 8. The Morgan fingerprint density at radius 2 is 0.722 bits per heavy atom. The van der Waals surface area contributed by atoms with Gasteiger partial charge in [0.2, 0.25) is 0 Å². The molecule has 0 atom stereocenters. The van der Waals surface area contributed by atoms with E-state index >= 15 is 0 Å². The number of para-hydroxylation sites is 4. The van der Waals surface area contributed by atoms with Gasteiger partial charge in [-0.05, 0) is 107 Å². The van der Waals surface area contributed by atoms with Crippen LogP contribution in [0.3, 0.4) is 0 Å². The summed E-state index contributed by atoms with van der Waals surface area (Å²) in [6.45, 7) is 4.65. The van der Waals surface area contributed by atoms with Crippen LogP contribution in [0.15, 0.2) is 182 Å². The van der Waals surface area contributed by atoms with Crippen LogP contribution in [0.1, 0.15) is 25.0 Å². The summed E-state index contributed by atoms with van der Waals surface area (Å²) in [6, 6.07) is 65.8. The average Bonchev–Trinajstić information content (AvgIpc) is 3.74. The number of nitrogens with zero attached hydrogens (tertiary/aromatic N) is 2. The van der Waals surface area contributed by atoms with E-state index in [1.54, 1.807) is 0 Å². The molecule has 0 spiro atoms. The van der Waals surface area contributed by atoms with E-state index in [9.17, 15) is 0 Å². The van der Waals surface area contributed by atoms with Gasteiger partial charge in [-0.3, -0.25) is 0 Å². The quantitative estimate of drug-likeness (QED) is 0.180. The van der Waals surface area contributed by atoms with E-state index in [2.05, 4.69) is 205 Å². The first-order valence-corrected chi connectivity index (χ1v) is 18.7. The number of benzene rings is 8. The third kappa shape index (κ3) is 4.55. The molecule has 0 radical (unpaired) electrons. The monoisotopic (exact) mass is 692 g/mol. The highest BCUT2D eigenvalue weighted by molar-refractivity contribution is 6.11. The lowest BCUT2D eigenvalue weighted by atomic mass is 9.74. The molecule has 54 heavy (non-hydrogen) atoms. The molecule has 0 unspecified atom stereocenters. The molecule has 11 rings (SSSR count). The Bertz CT molecular complexity index is 2880. The molecule has 1 aliphatic heterocycles. The Morgan fingerprint density at radius 3 is 1.19 bits per heavy atom. The van der Waals surface area contributed by atoms with Gasteiger partial charge in [0.05, 0.1) is 22.1 Å². The lowest BCUT2D eigenvalue weighted by Crippen LogP contribution is -2.24. The van der Waals surface area contributed by atoms with E-state index in [4.69, 9.17) is 4.74 Å². The second kappa shape index (κ2) is 11.6. The first kappa shape index (κ1) is 30.8. The molecule has 256 valence electrons. The van der Waals surface area contributed by atoms with E-state index in [0.717, 1.165) is 11.5 Å². The zero-order valence-electron chi connectivity index (χ0n) is 30.1. The summed E-state index contributed by atoms with van der Waals surface area (Å²) in [7, 11) is 0. The van der Waals surface area contributed by atoms with E-state index in [1.165, 1.54) is 88.4 Å². The third-order valence-corrected chi connectivity index (χ3v) is 11.6. The third-order valence-electron chi connectivity index (χ3n) is 11.6. The van der Waals surface area contributed by atoms with Gasteiger partial charge in [-0.1, -0.05) is 111 Å². The summed E-state index contributed by atoms with van der Waals surface area (Å²) in [4.78, 5) is 0. The second-order valence-electron chi connectivity index (χ2n) is 15.0. The zero-order valence-corrected chi connectivity index (χ0v) is 30.1. The Balaban J connectivity index is 0.997. The minimum absolute atomic E-state index is 0.282. The van der Waals surface area contributed by atoms with E-state index in [-0.39, 0.29) is 5.41 Å². The van der Waals surface area contributed by atoms with Crippen LogP contribution in [-0.2, 0) is 5.41 Å². The number of ether oxygens (including phenoxy) is 1. The highest BCUT2D eigenvalue weighted by atomic mass is 16.5. The summed E-state index contributed by atoms with van der Waals surface area (Å²) in [5.74, 6) is 1.83. The van der Waals surface area contributed by atoms with Crippen LogP contribution in [0.5, 0.6) is 11.5 Å². The van der Waals surface area contributed by atoms with Gasteiger partial charge < -0.3 is 13.9 Å². The second-order valence-corrected chi connectivity index (χ2v) is 15.0. The van der Waals surface area contributed by atoms with Crippen molar-refractivity contribution in [1.82, 2.24) is 9.13 Å². The van der Waals surface area contributed by atoms with Gasteiger partial charge in [-0.2, -0.15) is 0 Å². The van der Waals surface area contributed by atoms with Crippen LogP contribution in [-0.4, -0.2) is 9.13 Å². The van der Waals surface area contributed by atoms with Crippen LogP contribution in [0.4, 0.5) is 0 Å². The predicted octanol–water partition coefficient (Wildman–Crippen LogP) is 13.6. The van der Waals surface area contributed by atoms with Crippen LogP contribution in [0, 0.1) is 0 Å². The summed E-state index contributed by atoms with van der Waals surface area (Å²) in [5, 5.41) is 5.01. The summed E-state index contributed by atoms with van der Waals surface area (Å²) in [5.41, 5.74) is 14.0. The molecule has 0 saturated heterocycles. The van der Waals surface area contributed by atoms with E-state index < -0.39 is 0 Å². The van der Waals surface area contributed by atoms with Crippen molar-refractivity contribution >= 4 is 43.6 Å². The van der Waals surface area contributed by atoms with Crippen LogP contribution in [0.25, 0.3) is 77.2 Å². The molecule has 2 aromatic heterocycles. The molecule has 0 bridgehead atoms. The van der Waals surface area contributed by atoms with Crippen molar-refractivity contribution in [3.05, 3.63) is 193 Å². The maximum atomic E-state index is 6.65. The van der Waals surface area contributed by atoms with Gasteiger partial charge in [-0.25, -0.2) is 0 Å². The average molecular weight is 693 g/mol. The van der Waals surface area contributed by atoms with Crippen molar-refractivity contribution in [3.63, 3.8) is 0 Å². The topological polar surface area (TPSA) is 19.1 Å². The Morgan fingerprint density at radius 1 is 0.352 bits per heavy atom. The zero-order chi connectivity index (χ0) is 36.0. The van der Waals surface area contributed by atoms with Gasteiger partial charge in [0, 0.05) is 49.5 Å². The minimum atomic E-state index is -0.282. The normalized spacial score (nSPS) is 13.3. The lowest BCUT2D eigenvalue weighted by molar-refractivity contribution is 0.418. The van der Waals surface area contributed by atoms with E-state index in [0.29, 0.717) is 0 Å². The van der Waals surface area contributed by atoms with E-state index in [1.807, 2.05) is 0 Å². The van der Waals surface area contributed by atoms with Crippen molar-refractivity contribution in [1.29, 1.82) is 0 Å². The van der Waals surface area contributed by atoms with Crippen molar-refractivity contribution in [2.75, 3.05) is 0 Å². The fourth-order valence-electron chi connectivity index (χ4n) is 8.85. The Kier molecular flexibility index (Phi) is 6.60. The molecule has 0 saturated carbocycles. The number of aromatic nitrogens is 2. The molecular weight excluding hydrogens is 657 g/mol. The summed E-state index contributed by atoms with van der Waals surface area (Å²) in [6.07, 6.45) is 0. The van der Waals surface area contributed by atoms with Gasteiger partial charge in [-0.15, -0.1) is 0 Å². The smallest absolute Gasteiger partial charge is 0.131 e. The number of hydrogen-bond acceptors (Lipinski definition) is 1. The minimum Gasteiger partial charge on any atom is -0.457 e. The highest BCUT2D eigenvalue weighted by Crippen LogP contribution is 2.50. The van der Waals surface area contributed by atoms with Gasteiger partial charge in [0.15, 0.2) is 0 Å². The van der Waals surface area contributed by atoms with Crippen molar-refractivity contribution in [2.24, 2.45) is 0 Å². The molecular formula is C51H36N2O. The first-order chi connectivity index (χ1) is 26.5. The molecule has 3 heterocycles. The molecule has 0 amide bonds. The highest BCUT2D eigenvalue weighted by Gasteiger charge is 2.35. The van der Waals surface area contributed by atoms with Crippen molar-refractivity contribution in [3.8, 4) is 45.1 Å². The van der Waals surface area contributed by atoms with Gasteiger partial charge >= 0.3 is 0 Å². The van der Waals surface area contributed by atoms with Crippen LogP contribution >= 0.6 is 0 Å². The predicted molar refractivity (Wildman–Crippen MR) is 225 cm³/mol. The Hall–Kier alpha value is -6.84. The van der Waals surface area contributed by atoms with Crippen molar-refractivity contribution < 1.29 is 4.74 Å². The molecule has 3 nitrogen and oxygen atoms in total.